The SMILES string of the molecule is FC(F)(F)c1cccc2c(-c3cccc(NCc4cc(Cl)ccc4Cl)c3)c(Cc3ccccc3)cnc12. The second kappa shape index (κ2) is 10.4. The number of nitrogens with zero attached hydrogens (tertiary/aromatic N) is 1. The third-order valence-electron chi connectivity index (χ3n) is 6.16. The highest BCUT2D eigenvalue weighted by Gasteiger charge is 2.33. The Hall–Kier alpha value is -3.54. The lowest BCUT2D eigenvalue weighted by molar-refractivity contribution is -0.136. The highest BCUT2D eigenvalue weighted by Crippen LogP contribution is 2.39. The maximum Gasteiger partial charge on any atom is 0.418 e. The molecule has 0 amide bonds. The van der Waals surface area contributed by atoms with Crippen LogP contribution < -0.4 is 5.32 Å². The monoisotopic (exact) mass is 536 g/mol. The van der Waals surface area contributed by atoms with Crippen LogP contribution in [0.4, 0.5) is 18.9 Å². The van der Waals surface area contributed by atoms with E-state index >= 15 is 0 Å². The van der Waals surface area contributed by atoms with Gasteiger partial charge in [-0.25, -0.2) is 0 Å². The molecule has 0 aliphatic rings. The van der Waals surface area contributed by atoms with Crippen LogP contribution in [-0.2, 0) is 19.1 Å². The molecule has 5 rings (SSSR count). The standard InChI is InChI=1S/C30H21Cl2F3N2/c31-23-12-13-27(32)21(15-23)17-36-24-9-4-8-20(16-24)28-22(14-19-6-2-1-3-7-19)18-37-29-25(28)10-5-11-26(29)30(33,34)35/h1-13,15-16,18,36H,14,17H2. The highest BCUT2D eigenvalue weighted by atomic mass is 35.5. The molecule has 0 aliphatic carbocycles. The van der Waals surface area contributed by atoms with E-state index in [0.717, 1.165) is 39.6 Å². The van der Waals surface area contributed by atoms with E-state index in [1.54, 1.807) is 30.5 Å². The van der Waals surface area contributed by atoms with Gasteiger partial charge < -0.3 is 5.32 Å². The number of para-hydroxylation sites is 1. The Morgan fingerprint density at radius 1 is 0.784 bits per heavy atom. The number of aromatic nitrogens is 1. The minimum absolute atomic E-state index is 0.0640. The largest absolute Gasteiger partial charge is 0.418 e. The number of rotatable bonds is 6. The molecule has 0 radical (unpaired) electrons. The van der Waals surface area contributed by atoms with E-state index in [-0.39, 0.29) is 5.52 Å². The normalized spacial score (nSPS) is 11.6. The molecule has 0 atom stereocenters. The molecular weight excluding hydrogens is 516 g/mol. The van der Waals surface area contributed by atoms with Crippen molar-refractivity contribution in [2.24, 2.45) is 0 Å². The van der Waals surface area contributed by atoms with Crippen LogP contribution in [0.15, 0.2) is 97.2 Å². The molecule has 0 aliphatic heterocycles. The van der Waals surface area contributed by atoms with Crippen molar-refractivity contribution in [1.82, 2.24) is 4.98 Å². The molecule has 1 aromatic heterocycles. The second-order valence-electron chi connectivity index (χ2n) is 8.69. The van der Waals surface area contributed by atoms with Crippen molar-refractivity contribution < 1.29 is 13.2 Å². The van der Waals surface area contributed by atoms with Crippen molar-refractivity contribution >= 4 is 39.8 Å². The lowest BCUT2D eigenvalue weighted by Crippen LogP contribution is -2.07. The van der Waals surface area contributed by atoms with Crippen molar-refractivity contribution in [3.8, 4) is 11.1 Å². The Morgan fingerprint density at radius 3 is 2.35 bits per heavy atom. The van der Waals surface area contributed by atoms with Gasteiger partial charge in [-0.1, -0.05) is 77.8 Å². The van der Waals surface area contributed by atoms with Crippen molar-refractivity contribution in [3.05, 3.63) is 129 Å². The molecule has 1 heterocycles. The third kappa shape index (κ3) is 5.58. The van der Waals surface area contributed by atoms with Crippen LogP contribution in [0.1, 0.15) is 22.3 Å². The van der Waals surface area contributed by atoms with Crippen LogP contribution in [0.3, 0.4) is 0 Å². The fourth-order valence-corrected chi connectivity index (χ4v) is 4.82. The van der Waals surface area contributed by atoms with Gasteiger partial charge in [-0.05, 0) is 70.6 Å². The summed E-state index contributed by atoms with van der Waals surface area (Å²) in [6, 6.07) is 26.9. The fraction of sp³-hybridized carbons (Fsp3) is 0.100. The van der Waals surface area contributed by atoms with Gasteiger partial charge in [0.15, 0.2) is 0 Å². The van der Waals surface area contributed by atoms with Crippen LogP contribution >= 0.6 is 23.2 Å². The molecule has 7 heteroatoms. The van der Waals surface area contributed by atoms with Gasteiger partial charge >= 0.3 is 6.18 Å². The maximum atomic E-state index is 13.8. The summed E-state index contributed by atoms with van der Waals surface area (Å²) >= 11 is 12.4. The summed E-state index contributed by atoms with van der Waals surface area (Å²) < 4.78 is 41.4. The van der Waals surface area contributed by atoms with E-state index in [1.165, 1.54) is 6.07 Å². The summed E-state index contributed by atoms with van der Waals surface area (Å²) in [5.41, 5.74) is 4.23. The number of pyridine rings is 1. The van der Waals surface area contributed by atoms with Crippen molar-refractivity contribution in [2.45, 2.75) is 19.1 Å². The van der Waals surface area contributed by atoms with E-state index in [9.17, 15) is 13.2 Å². The fourth-order valence-electron chi connectivity index (χ4n) is 4.44. The van der Waals surface area contributed by atoms with Gasteiger partial charge in [-0.2, -0.15) is 13.2 Å². The summed E-state index contributed by atoms with van der Waals surface area (Å²) in [6.07, 6.45) is -2.42. The summed E-state index contributed by atoms with van der Waals surface area (Å²) in [4.78, 5) is 4.28. The number of fused-ring (bicyclic) bond motifs is 1. The average molecular weight is 537 g/mol. The number of nitrogens with one attached hydrogen (secondary N) is 1. The molecular formula is C30H21Cl2F3N2. The minimum Gasteiger partial charge on any atom is -0.381 e. The quantitative estimate of drug-likeness (QED) is 0.233. The molecule has 5 aromatic rings. The van der Waals surface area contributed by atoms with E-state index in [2.05, 4.69) is 10.3 Å². The first-order chi connectivity index (χ1) is 17.8. The lowest BCUT2D eigenvalue weighted by Gasteiger charge is -2.17. The minimum atomic E-state index is -4.51. The summed E-state index contributed by atoms with van der Waals surface area (Å²) in [5.74, 6) is 0. The Morgan fingerprint density at radius 2 is 1.57 bits per heavy atom. The third-order valence-corrected chi connectivity index (χ3v) is 6.76. The van der Waals surface area contributed by atoms with E-state index in [1.807, 2.05) is 54.6 Å². The van der Waals surface area contributed by atoms with Gasteiger partial charge in [0.25, 0.3) is 0 Å². The molecule has 186 valence electrons. The van der Waals surface area contributed by atoms with Crippen molar-refractivity contribution in [3.63, 3.8) is 0 Å². The maximum absolute atomic E-state index is 13.8. The Kier molecular flexibility index (Phi) is 7.09. The van der Waals surface area contributed by atoms with Crippen LogP contribution in [0.25, 0.3) is 22.0 Å². The number of benzene rings is 4. The van der Waals surface area contributed by atoms with Gasteiger partial charge in [0.2, 0.25) is 0 Å². The molecule has 2 nitrogen and oxygen atoms in total. The first kappa shape index (κ1) is 25.1. The molecule has 0 saturated carbocycles. The van der Waals surface area contributed by atoms with E-state index < -0.39 is 11.7 Å². The zero-order valence-electron chi connectivity index (χ0n) is 19.5. The number of alkyl halides is 3. The van der Waals surface area contributed by atoms with Crippen LogP contribution in [-0.4, -0.2) is 4.98 Å². The second-order valence-corrected chi connectivity index (χ2v) is 9.53. The molecule has 0 fully saturated rings. The number of anilines is 1. The molecule has 0 bridgehead atoms. The molecule has 4 aromatic carbocycles. The summed E-state index contributed by atoms with van der Waals surface area (Å²) in [6.45, 7) is 0.440. The van der Waals surface area contributed by atoms with Gasteiger partial charge in [-0.15, -0.1) is 0 Å². The first-order valence-electron chi connectivity index (χ1n) is 11.6. The van der Waals surface area contributed by atoms with Crippen molar-refractivity contribution in [2.75, 3.05) is 5.32 Å². The van der Waals surface area contributed by atoms with E-state index in [4.69, 9.17) is 23.2 Å². The molecule has 0 saturated heterocycles. The summed E-state index contributed by atoms with van der Waals surface area (Å²) in [7, 11) is 0. The number of halogens is 5. The van der Waals surface area contributed by atoms with Gasteiger partial charge in [0, 0.05) is 33.9 Å². The lowest BCUT2D eigenvalue weighted by atomic mass is 9.91. The van der Waals surface area contributed by atoms with Gasteiger partial charge in [-0.3, -0.25) is 4.98 Å². The highest BCUT2D eigenvalue weighted by molar-refractivity contribution is 6.33. The number of hydrogen-bond acceptors (Lipinski definition) is 2. The molecule has 0 spiro atoms. The molecule has 37 heavy (non-hydrogen) atoms. The molecule has 1 N–H and O–H groups in total. The van der Waals surface area contributed by atoms with Gasteiger partial charge in [0.1, 0.15) is 0 Å². The smallest absolute Gasteiger partial charge is 0.381 e. The van der Waals surface area contributed by atoms with Crippen LogP contribution in [0.5, 0.6) is 0 Å². The zero-order valence-corrected chi connectivity index (χ0v) is 21.0. The average Bonchev–Trinajstić information content (AvgIpc) is 2.89. The Labute approximate surface area is 222 Å². The molecule has 0 unspecified atom stereocenters. The van der Waals surface area contributed by atoms with Crippen LogP contribution in [0, 0.1) is 0 Å². The summed E-state index contributed by atoms with van der Waals surface area (Å²) in [5, 5.41) is 4.99. The topological polar surface area (TPSA) is 24.9 Å². The predicted molar refractivity (Wildman–Crippen MR) is 145 cm³/mol. The Bertz CT molecular complexity index is 1570. The predicted octanol–water partition coefficient (Wildman–Crippen LogP) is 9.43. The zero-order chi connectivity index (χ0) is 26.0. The number of hydrogen-bond donors (Lipinski definition) is 1. The first-order valence-corrected chi connectivity index (χ1v) is 12.3. The van der Waals surface area contributed by atoms with E-state index in [0.29, 0.717) is 28.4 Å². The Balaban J connectivity index is 1.60. The van der Waals surface area contributed by atoms with Crippen molar-refractivity contribution in [1.29, 1.82) is 0 Å². The van der Waals surface area contributed by atoms with Crippen LogP contribution in [0.2, 0.25) is 10.0 Å². The van der Waals surface area contributed by atoms with Gasteiger partial charge in [0.05, 0.1) is 11.1 Å².